The molecule has 0 aliphatic heterocycles. The van der Waals surface area contributed by atoms with Gasteiger partial charge in [-0.05, 0) is 30.9 Å². The van der Waals surface area contributed by atoms with Gasteiger partial charge in [-0.3, -0.25) is 0 Å². The largest absolute Gasteiger partial charge is 0.373 e. The molecule has 0 spiro atoms. The normalized spacial score (nSPS) is 11.5. The third-order valence-electron chi connectivity index (χ3n) is 2.36. The number of hydrogen-bond acceptors (Lipinski definition) is 1. The first-order valence-corrected chi connectivity index (χ1v) is 5.90. The predicted molar refractivity (Wildman–Crippen MR) is 69.3 cm³/mol. The number of benzene rings is 1. The van der Waals surface area contributed by atoms with Crippen molar-refractivity contribution in [3.63, 3.8) is 0 Å². The average molecular weight is 234 g/mol. The number of unbranched alkanes of at least 4 members (excludes halogenated alkanes) is 1. The van der Waals surface area contributed by atoms with Gasteiger partial charge in [-0.1, -0.05) is 36.4 Å². The lowest BCUT2D eigenvalue weighted by molar-refractivity contribution is 0.147. The predicted octanol–water partition coefficient (Wildman–Crippen LogP) is 4.41. The summed E-state index contributed by atoms with van der Waals surface area (Å²) in [5.41, 5.74) is 1.10. The summed E-state index contributed by atoms with van der Waals surface area (Å²) in [4.78, 5) is 0. The summed E-state index contributed by atoms with van der Waals surface area (Å²) < 4.78 is 18.6. The van der Waals surface area contributed by atoms with Crippen molar-refractivity contribution in [2.75, 3.05) is 6.61 Å². The molecule has 1 rings (SSSR count). The summed E-state index contributed by atoms with van der Waals surface area (Å²) >= 11 is 0. The van der Waals surface area contributed by atoms with E-state index in [2.05, 4.69) is 6.58 Å². The van der Waals surface area contributed by atoms with Gasteiger partial charge in [0.15, 0.2) is 0 Å². The van der Waals surface area contributed by atoms with Crippen LogP contribution in [0, 0.1) is 0 Å². The molecule has 17 heavy (non-hydrogen) atoms. The molecule has 0 heterocycles. The van der Waals surface area contributed by atoms with Crippen LogP contribution in [0.3, 0.4) is 0 Å². The second-order valence-corrected chi connectivity index (χ2v) is 3.83. The summed E-state index contributed by atoms with van der Waals surface area (Å²) in [6.45, 7) is 4.45. The van der Waals surface area contributed by atoms with E-state index in [1.165, 1.54) is 6.08 Å². The smallest absolute Gasteiger partial charge is 0.0982 e. The van der Waals surface area contributed by atoms with Crippen molar-refractivity contribution in [2.24, 2.45) is 0 Å². The maximum atomic E-state index is 13.2. The molecule has 0 saturated carbocycles. The van der Waals surface area contributed by atoms with Crippen LogP contribution in [0.25, 0.3) is 0 Å². The highest BCUT2D eigenvalue weighted by molar-refractivity contribution is 5.13. The van der Waals surface area contributed by atoms with Gasteiger partial charge in [0.1, 0.15) is 0 Å². The molecule has 0 aromatic heterocycles. The van der Waals surface area contributed by atoms with Crippen LogP contribution in [0.5, 0.6) is 0 Å². The summed E-state index contributed by atoms with van der Waals surface area (Å²) in [7, 11) is 0. The number of allylic oxidation sites excluding steroid dienone is 2. The second kappa shape index (κ2) is 8.71. The minimum atomic E-state index is -0.0973. The van der Waals surface area contributed by atoms with E-state index in [-0.39, 0.29) is 5.83 Å². The molecule has 0 bridgehead atoms. The van der Waals surface area contributed by atoms with Gasteiger partial charge in [0, 0.05) is 0 Å². The van der Waals surface area contributed by atoms with Gasteiger partial charge in [-0.2, -0.15) is 0 Å². The van der Waals surface area contributed by atoms with Gasteiger partial charge in [0.05, 0.1) is 19.0 Å². The van der Waals surface area contributed by atoms with Gasteiger partial charge >= 0.3 is 0 Å². The molecule has 0 N–H and O–H groups in total. The molecule has 0 unspecified atom stereocenters. The lowest BCUT2D eigenvalue weighted by atomic mass is 10.2. The third kappa shape index (κ3) is 6.69. The van der Waals surface area contributed by atoms with E-state index < -0.39 is 0 Å². The first-order valence-electron chi connectivity index (χ1n) is 5.90. The zero-order chi connectivity index (χ0) is 12.3. The summed E-state index contributed by atoms with van der Waals surface area (Å²) in [5, 5.41) is 0. The summed E-state index contributed by atoms with van der Waals surface area (Å²) in [6.07, 6.45) is 5.45. The van der Waals surface area contributed by atoms with Crippen LogP contribution in [-0.2, 0) is 11.3 Å². The van der Waals surface area contributed by atoms with E-state index >= 15 is 0 Å². The van der Waals surface area contributed by atoms with Crippen LogP contribution < -0.4 is 0 Å². The third-order valence-corrected chi connectivity index (χ3v) is 2.36. The molecule has 1 aromatic rings. The fraction of sp³-hybridized carbons (Fsp3) is 0.333. The van der Waals surface area contributed by atoms with Gasteiger partial charge in [0.25, 0.3) is 0 Å². The molecule has 1 nitrogen and oxygen atoms in total. The average Bonchev–Trinajstić information content (AvgIpc) is 2.36. The molecular weight excluding hydrogens is 215 g/mol. The Bertz CT molecular complexity index is 343. The van der Waals surface area contributed by atoms with E-state index in [4.69, 9.17) is 4.74 Å². The molecule has 1 aromatic carbocycles. The highest BCUT2D eigenvalue weighted by Gasteiger charge is 1.94. The van der Waals surface area contributed by atoms with Crippen molar-refractivity contribution in [3.05, 3.63) is 60.5 Å². The Kier molecular flexibility index (Phi) is 6.99. The van der Waals surface area contributed by atoms with Crippen LogP contribution in [0.4, 0.5) is 4.39 Å². The van der Waals surface area contributed by atoms with Crippen LogP contribution in [0.15, 0.2) is 54.9 Å². The maximum Gasteiger partial charge on any atom is 0.0982 e. The summed E-state index contributed by atoms with van der Waals surface area (Å²) in [6, 6.07) is 9.87. The Morgan fingerprint density at radius 1 is 1.29 bits per heavy atom. The van der Waals surface area contributed by atoms with E-state index in [9.17, 15) is 4.39 Å². The van der Waals surface area contributed by atoms with Crippen molar-refractivity contribution < 1.29 is 9.13 Å². The molecule has 0 aliphatic carbocycles. The zero-order valence-corrected chi connectivity index (χ0v) is 10.1. The standard InChI is InChI=1S/C15H19FO/c1-2-3-5-10-15(16)11-12-17-13-14-8-6-4-7-9-14/h2,4,6-9,11H,1,3,5,10,12-13H2/b15-11+. The van der Waals surface area contributed by atoms with Crippen molar-refractivity contribution in [1.29, 1.82) is 0 Å². The topological polar surface area (TPSA) is 9.23 Å². The SMILES string of the molecule is C=CCCC/C(F)=C\COCc1ccccc1. The molecule has 2 heteroatoms. The first kappa shape index (κ1) is 13.7. The lowest BCUT2D eigenvalue weighted by Gasteiger charge is -2.01. The molecule has 0 saturated heterocycles. The van der Waals surface area contributed by atoms with Crippen molar-refractivity contribution in [1.82, 2.24) is 0 Å². The minimum absolute atomic E-state index is 0.0973. The molecular formula is C15H19FO. The van der Waals surface area contributed by atoms with Gasteiger partial charge in [-0.15, -0.1) is 6.58 Å². The maximum absolute atomic E-state index is 13.2. The van der Waals surface area contributed by atoms with Crippen molar-refractivity contribution >= 4 is 0 Å². The highest BCUT2D eigenvalue weighted by Crippen LogP contribution is 2.09. The van der Waals surface area contributed by atoms with E-state index in [1.54, 1.807) is 6.08 Å². The van der Waals surface area contributed by atoms with Gasteiger partial charge in [0.2, 0.25) is 0 Å². The first-order chi connectivity index (χ1) is 8.33. The molecule has 0 fully saturated rings. The van der Waals surface area contributed by atoms with Gasteiger partial charge < -0.3 is 4.74 Å². The zero-order valence-electron chi connectivity index (χ0n) is 10.1. The van der Waals surface area contributed by atoms with E-state index in [0.717, 1.165) is 18.4 Å². The number of ether oxygens (including phenoxy) is 1. The Morgan fingerprint density at radius 3 is 2.76 bits per heavy atom. The molecule has 0 radical (unpaired) electrons. The van der Waals surface area contributed by atoms with E-state index in [1.807, 2.05) is 30.3 Å². The quantitative estimate of drug-likeness (QED) is 0.478. The van der Waals surface area contributed by atoms with Crippen LogP contribution >= 0.6 is 0 Å². The highest BCUT2D eigenvalue weighted by atomic mass is 19.1. The Hall–Kier alpha value is -1.41. The number of halogens is 1. The van der Waals surface area contributed by atoms with Crippen molar-refractivity contribution in [3.8, 4) is 0 Å². The van der Waals surface area contributed by atoms with Crippen LogP contribution in [0.1, 0.15) is 24.8 Å². The molecule has 92 valence electrons. The molecule has 0 atom stereocenters. The second-order valence-electron chi connectivity index (χ2n) is 3.83. The van der Waals surface area contributed by atoms with Gasteiger partial charge in [-0.25, -0.2) is 4.39 Å². The van der Waals surface area contributed by atoms with Crippen molar-refractivity contribution in [2.45, 2.75) is 25.9 Å². The fourth-order valence-electron chi connectivity index (χ4n) is 1.42. The van der Waals surface area contributed by atoms with E-state index in [0.29, 0.717) is 19.6 Å². The Morgan fingerprint density at radius 2 is 2.06 bits per heavy atom. The monoisotopic (exact) mass is 234 g/mol. The number of hydrogen-bond donors (Lipinski definition) is 0. The number of rotatable bonds is 8. The van der Waals surface area contributed by atoms with Crippen LogP contribution in [0.2, 0.25) is 0 Å². The molecule has 0 amide bonds. The summed E-state index contributed by atoms with van der Waals surface area (Å²) in [5.74, 6) is -0.0973. The molecule has 0 aliphatic rings. The lowest BCUT2D eigenvalue weighted by Crippen LogP contribution is -1.93. The Labute approximate surface area is 103 Å². The Balaban J connectivity index is 2.14. The van der Waals surface area contributed by atoms with Crippen LogP contribution in [-0.4, -0.2) is 6.61 Å². The fourth-order valence-corrected chi connectivity index (χ4v) is 1.42. The minimum Gasteiger partial charge on any atom is -0.373 e.